The zero-order valence-corrected chi connectivity index (χ0v) is 21.5. The number of hydrogen-bond donors (Lipinski definition) is 0. The Morgan fingerprint density at radius 3 is 2.51 bits per heavy atom. The molecule has 0 saturated carbocycles. The maximum atomic E-state index is 13.5. The standard InChI is InChI=1S/C31H37N3O/c1-24-10-5-8-13-30(24)27-20-28(22-29(21-27)34-17-9-16-33(4)18-19-34)31(35)15-14-25-11-6-7-12-26(25)23-32(2)3/h5-8,10-15,20-22H,9,16-19,23H2,1-4H3/b15-14+. The fourth-order valence-electron chi connectivity index (χ4n) is 4.74. The Labute approximate surface area is 210 Å². The zero-order valence-electron chi connectivity index (χ0n) is 21.5. The highest BCUT2D eigenvalue weighted by molar-refractivity contribution is 6.08. The molecule has 0 amide bonds. The molecule has 0 N–H and O–H groups in total. The molecule has 0 aromatic heterocycles. The van der Waals surface area contributed by atoms with Crippen molar-refractivity contribution in [3.8, 4) is 11.1 Å². The van der Waals surface area contributed by atoms with Gasteiger partial charge in [-0.3, -0.25) is 4.79 Å². The number of nitrogens with zero attached hydrogens (tertiary/aromatic N) is 3. The summed E-state index contributed by atoms with van der Waals surface area (Å²) in [6, 6.07) is 23.1. The van der Waals surface area contributed by atoms with Gasteiger partial charge in [-0.05, 0) is 93.1 Å². The minimum atomic E-state index is 0.0354. The Hall–Kier alpha value is -3.21. The highest BCUT2D eigenvalue weighted by Crippen LogP contribution is 2.30. The molecular weight excluding hydrogens is 430 g/mol. The van der Waals surface area contributed by atoms with Crippen LogP contribution in [-0.2, 0) is 6.54 Å². The van der Waals surface area contributed by atoms with Crippen molar-refractivity contribution in [3.05, 3.63) is 95.1 Å². The molecule has 1 aliphatic rings. The predicted octanol–water partition coefficient (Wildman–Crippen LogP) is 5.76. The normalized spacial score (nSPS) is 15.1. The monoisotopic (exact) mass is 467 g/mol. The van der Waals surface area contributed by atoms with Crippen LogP contribution in [0.2, 0.25) is 0 Å². The maximum Gasteiger partial charge on any atom is 0.185 e. The van der Waals surface area contributed by atoms with Crippen molar-refractivity contribution in [2.45, 2.75) is 19.9 Å². The van der Waals surface area contributed by atoms with Crippen LogP contribution in [0.5, 0.6) is 0 Å². The second kappa shape index (κ2) is 11.5. The summed E-state index contributed by atoms with van der Waals surface area (Å²) in [5.74, 6) is 0.0354. The smallest absolute Gasteiger partial charge is 0.185 e. The molecule has 0 atom stereocenters. The number of anilines is 1. The lowest BCUT2D eigenvalue weighted by Gasteiger charge is -2.24. The molecule has 1 aliphatic heterocycles. The second-order valence-electron chi connectivity index (χ2n) is 9.86. The van der Waals surface area contributed by atoms with Gasteiger partial charge in [0, 0.05) is 37.4 Å². The molecule has 1 fully saturated rings. The Kier molecular flexibility index (Phi) is 8.17. The van der Waals surface area contributed by atoms with Crippen molar-refractivity contribution in [2.75, 3.05) is 52.2 Å². The number of aryl methyl sites for hydroxylation is 1. The minimum absolute atomic E-state index is 0.0354. The number of allylic oxidation sites excluding steroid dienone is 1. The average Bonchev–Trinajstić information content (AvgIpc) is 3.07. The molecular formula is C31H37N3O. The number of carbonyl (C=O) groups is 1. The van der Waals surface area contributed by atoms with E-state index in [1.165, 1.54) is 16.7 Å². The van der Waals surface area contributed by atoms with E-state index in [-0.39, 0.29) is 5.78 Å². The summed E-state index contributed by atoms with van der Waals surface area (Å²) < 4.78 is 0. The van der Waals surface area contributed by atoms with Gasteiger partial charge in [0.1, 0.15) is 0 Å². The van der Waals surface area contributed by atoms with Gasteiger partial charge in [-0.25, -0.2) is 0 Å². The van der Waals surface area contributed by atoms with Gasteiger partial charge in [-0.1, -0.05) is 54.6 Å². The molecule has 4 rings (SSSR count). The number of ketones is 1. The maximum absolute atomic E-state index is 13.5. The van der Waals surface area contributed by atoms with Crippen LogP contribution in [0, 0.1) is 6.92 Å². The molecule has 0 bridgehead atoms. The van der Waals surface area contributed by atoms with Crippen LogP contribution in [0.4, 0.5) is 5.69 Å². The van der Waals surface area contributed by atoms with Gasteiger partial charge in [-0.15, -0.1) is 0 Å². The number of rotatable bonds is 7. The molecule has 4 heteroatoms. The van der Waals surface area contributed by atoms with Crippen molar-refractivity contribution in [1.29, 1.82) is 0 Å². The largest absolute Gasteiger partial charge is 0.370 e. The van der Waals surface area contributed by atoms with Crippen molar-refractivity contribution >= 4 is 17.5 Å². The van der Waals surface area contributed by atoms with Crippen LogP contribution in [-0.4, -0.2) is 62.9 Å². The third-order valence-corrected chi connectivity index (χ3v) is 6.70. The molecule has 0 spiro atoms. The van der Waals surface area contributed by atoms with Crippen molar-refractivity contribution in [2.24, 2.45) is 0 Å². The number of likely N-dealkylation sites (N-methyl/N-ethyl adjacent to an activating group) is 1. The van der Waals surface area contributed by atoms with E-state index in [0.29, 0.717) is 0 Å². The van der Waals surface area contributed by atoms with Gasteiger partial charge in [0.25, 0.3) is 0 Å². The summed E-state index contributed by atoms with van der Waals surface area (Å²) in [5, 5.41) is 0. The van der Waals surface area contributed by atoms with E-state index >= 15 is 0 Å². The first kappa shape index (κ1) is 24.9. The Balaban J connectivity index is 1.69. The van der Waals surface area contributed by atoms with Gasteiger partial charge < -0.3 is 14.7 Å². The first-order chi connectivity index (χ1) is 16.9. The van der Waals surface area contributed by atoms with Crippen molar-refractivity contribution in [3.63, 3.8) is 0 Å². The van der Waals surface area contributed by atoms with Crippen molar-refractivity contribution < 1.29 is 4.79 Å². The van der Waals surface area contributed by atoms with Crippen LogP contribution in [0.25, 0.3) is 17.2 Å². The van der Waals surface area contributed by atoms with E-state index in [4.69, 9.17) is 0 Å². The molecule has 3 aromatic rings. The quantitative estimate of drug-likeness (QED) is 0.326. The van der Waals surface area contributed by atoms with E-state index in [1.54, 1.807) is 6.08 Å². The lowest BCUT2D eigenvalue weighted by molar-refractivity contribution is 0.104. The van der Waals surface area contributed by atoms with E-state index in [9.17, 15) is 4.79 Å². The molecule has 0 radical (unpaired) electrons. The number of hydrogen-bond acceptors (Lipinski definition) is 4. The highest BCUT2D eigenvalue weighted by atomic mass is 16.1. The van der Waals surface area contributed by atoms with Crippen LogP contribution in [0.3, 0.4) is 0 Å². The molecule has 4 nitrogen and oxygen atoms in total. The predicted molar refractivity (Wildman–Crippen MR) is 148 cm³/mol. The van der Waals surface area contributed by atoms with E-state index in [2.05, 4.69) is 97.4 Å². The summed E-state index contributed by atoms with van der Waals surface area (Å²) in [6.07, 6.45) is 4.81. The molecule has 3 aromatic carbocycles. The van der Waals surface area contributed by atoms with Crippen LogP contribution < -0.4 is 4.90 Å². The summed E-state index contributed by atoms with van der Waals surface area (Å²) >= 11 is 0. The fraction of sp³-hybridized carbons (Fsp3) is 0.323. The van der Waals surface area contributed by atoms with Crippen LogP contribution in [0.15, 0.2) is 72.8 Å². The molecule has 0 unspecified atom stereocenters. The van der Waals surface area contributed by atoms with Crippen molar-refractivity contribution in [1.82, 2.24) is 9.80 Å². The van der Waals surface area contributed by atoms with Gasteiger partial charge in [-0.2, -0.15) is 0 Å². The highest BCUT2D eigenvalue weighted by Gasteiger charge is 2.16. The average molecular weight is 468 g/mol. The first-order valence-electron chi connectivity index (χ1n) is 12.5. The molecule has 1 saturated heterocycles. The summed E-state index contributed by atoms with van der Waals surface area (Å²) in [4.78, 5) is 20.4. The van der Waals surface area contributed by atoms with Crippen LogP contribution >= 0.6 is 0 Å². The second-order valence-corrected chi connectivity index (χ2v) is 9.86. The van der Waals surface area contributed by atoms with Gasteiger partial charge in [0.2, 0.25) is 0 Å². The molecule has 0 aliphatic carbocycles. The van der Waals surface area contributed by atoms with Crippen LogP contribution in [0.1, 0.15) is 33.5 Å². The number of benzene rings is 3. The first-order valence-corrected chi connectivity index (χ1v) is 12.5. The lowest BCUT2D eigenvalue weighted by atomic mass is 9.96. The Morgan fingerprint density at radius 1 is 0.943 bits per heavy atom. The van der Waals surface area contributed by atoms with E-state index in [0.717, 1.165) is 61.5 Å². The molecule has 1 heterocycles. The zero-order chi connectivity index (χ0) is 24.8. The number of carbonyl (C=O) groups excluding carboxylic acids is 1. The summed E-state index contributed by atoms with van der Waals surface area (Å²) in [5.41, 5.74) is 7.65. The third-order valence-electron chi connectivity index (χ3n) is 6.70. The topological polar surface area (TPSA) is 26.8 Å². The Morgan fingerprint density at radius 2 is 1.71 bits per heavy atom. The van der Waals surface area contributed by atoms with Gasteiger partial charge in [0.15, 0.2) is 5.78 Å². The van der Waals surface area contributed by atoms with E-state index < -0.39 is 0 Å². The molecule has 182 valence electrons. The Bertz CT molecular complexity index is 1200. The SMILES string of the molecule is Cc1ccccc1-c1cc(C(=O)/C=C/c2ccccc2CN(C)C)cc(N2CCCN(C)CC2)c1. The van der Waals surface area contributed by atoms with E-state index in [1.807, 2.05) is 18.2 Å². The summed E-state index contributed by atoms with van der Waals surface area (Å²) in [7, 11) is 6.30. The lowest BCUT2D eigenvalue weighted by Crippen LogP contribution is -2.28. The van der Waals surface area contributed by atoms with Gasteiger partial charge in [0.05, 0.1) is 0 Å². The third kappa shape index (κ3) is 6.47. The summed E-state index contributed by atoms with van der Waals surface area (Å²) in [6.45, 7) is 7.07. The minimum Gasteiger partial charge on any atom is -0.370 e. The molecule has 35 heavy (non-hydrogen) atoms. The fourth-order valence-corrected chi connectivity index (χ4v) is 4.74. The van der Waals surface area contributed by atoms with Gasteiger partial charge >= 0.3 is 0 Å².